The second-order valence-electron chi connectivity index (χ2n) is 12.3. The Bertz CT molecular complexity index is 1450. The van der Waals surface area contributed by atoms with Crippen LogP contribution in [0.1, 0.15) is 69.9 Å². The predicted octanol–water partition coefficient (Wildman–Crippen LogP) is 5.55. The smallest absolute Gasteiger partial charge is 0.414 e. The van der Waals surface area contributed by atoms with E-state index < -0.39 is 17.5 Å². The number of aromatic nitrogens is 4. The van der Waals surface area contributed by atoms with Gasteiger partial charge in [-0.2, -0.15) is 0 Å². The standard InChI is InChI=1S/C32H45FN8O3/c1-8-15-39(6)16-13-21(9-2)20-41(31(43)44-32(3,4)5)22-10-11-27(35-18-22)37-30-36-19-24(33)28(38-30)26-17-23-25(40(26)7)12-14-34-29(23)42/h10-11,17-19,21H,8-9,12-16,20H2,1-7H3,(H,34,42)(H,35,36,37,38). The van der Waals surface area contributed by atoms with E-state index in [1.54, 1.807) is 40.9 Å². The van der Waals surface area contributed by atoms with Crippen molar-refractivity contribution in [2.75, 3.05) is 43.4 Å². The maximum atomic E-state index is 14.9. The van der Waals surface area contributed by atoms with E-state index in [0.717, 1.165) is 44.2 Å². The maximum Gasteiger partial charge on any atom is 0.414 e. The van der Waals surface area contributed by atoms with Gasteiger partial charge in [0.1, 0.15) is 17.1 Å². The van der Waals surface area contributed by atoms with Gasteiger partial charge in [0, 0.05) is 32.3 Å². The number of ether oxygens (including phenoxy) is 1. The third-order valence-electron chi connectivity index (χ3n) is 7.69. The number of halogens is 1. The van der Waals surface area contributed by atoms with Gasteiger partial charge in [-0.25, -0.2) is 24.1 Å². The van der Waals surface area contributed by atoms with Gasteiger partial charge in [0.25, 0.3) is 5.91 Å². The lowest BCUT2D eigenvalue weighted by molar-refractivity contribution is 0.0573. The van der Waals surface area contributed by atoms with Gasteiger partial charge in [0.2, 0.25) is 5.95 Å². The molecule has 3 aromatic rings. The van der Waals surface area contributed by atoms with Crippen LogP contribution < -0.4 is 15.5 Å². The third kappa shape index (κ3) is 8.10. The summed E-state index contributed by atoms with van der Waals surface area (Å²) in [5.74, 6) is 0.0713. The molecule has 1 atom stereocenters. The summed E-state index contributed by atoms with van der Waals surface area (Å²) in [7, 11) is 3.92. The summed E-state index contributed by atoms with van der Waals surface area (Å²) < 4.78 is 22.5. The average Bonchev–Trinajstić information content (AvgIpc) is 3.31. The molecule has 0 aromatic carbocycles. The largest absolute Gasteiger partial charge is 0.443 e. The van der Waals surface area contributed by atoms with E-state index in [1.165, 1.54) is 0 Å². The topological polar surface area (TPSA) is 118 Å². The number of amides is 2. The molecule has 0 bridgehead atoms. The second-order valence-corrected chi connectivity index (χ2v) is 12.3. The number of anilines is 3. The molecule has 4 heterocycles. The molecule has 0 saturated carbocycles. The van der Waals surface area contributed by atoms with Crippen molar-refractivity contribution in [1.82, 2.24) is 29.7 Å². The lowest BCUT2D eigenvalue weighted by atomic mass is 10.0. The molecule has 0 spiro atoms. The number of nitrogens with one attached hydrogen (secondary N) is 2. The first-order chi connectivity index (χ1) is 20.9. The van der Waals surface area contributed by atoms with E-state index >= 15 is 0 Å². The molecule has 0 fully saturated rings. The maximum absolute atomic E-state index is 14.9. The average molecular weight is 609 g/mol. The number of carbonyl (C=O) groups excluding carboxylic acids is 2. The highest BCUT2D eigenvalue weighted by atomic mass is 19.1. The fourth-order valence-electron chi connectivity index (χ4n) is 5.28. The summed E-state index contributed by atoms with van der Waals surface area (Å²) in [4.78, 5) is 42.6. The molecule has 238 valence electrons. The van der Waals surface area contributed by atoms with E-state index in [4.69, 9.17) is 4.74 Å². The Labute approximate surface area is 259 Å². The lowest BCUT2D eigenvalue weighted by Gasteiger charge is -2.30. The van der Waals surface area contributed by atoms with E-state index in [2.05, 4.69) is 51.4 Å². The Morgan fingerprint density at radius 3 is 2.61 bits per heavy atom. The highest BCUT2D eigenvalue weighted by Gasteiger charge is 2.27. The Hall–Kier alpha value is -4.06. The molecule has 2 N–H and O–H groups in total. The van der Waals surface area contributed by atoms with E-state index in [9.17, 15) is 14.0 Å². The zero-order valence-electron chi connectivity index (χ0n) is 26.9. The van der Waals surface area contributed by atoms with Gasteiger partial charge in [-0.3, -0.25) is 9.69 Å². The van der Waals surface area contributed by atoms with Crippen LogP contribution >= 0.6 is 0 Å². The molecule has 3 aromatic heterocycles. The van der Waals surface area contributed by atoms with Crippen LogP contribution in [0.2, 0.25) is 0 Å². The zero-order valence-corrected chi connectivity index (χ0v) is 26.9. The summed E-state index contributed by atoms with van der Waals surface area (Å²) in [6.07, 6.45) is 5.91. The van der Waals surface area contributed by atoms with Gasteiger partial charge < -0.3 is 24.8 Å². The SMILES string of the molecule is CCCN(C)CCC(CC)CN(C(=O)OC(C)(C)C)c1ccc(Nc2ncc(F)c(-c3cc4c(n3C)CCNC4=O)n2)nc1. The number of hydrogen-bond acceptors (Lipinski definition) is 8. The van der Waals surface area contributed by atoms with Gasteiger partial charge >= 0.3 is 6.09 Å². The van der Waals surface area contributed by atoms with Gasteiger partial charge in [0.05, 0.1) is 29.3 Å². The first-order valence-electron chi connectivity index (χ1n) is 15.3. The molecule has 44 heavy (non-hydrogen) atoms. The molecule has 1 aliphatic rings. The predicted molar refractivity (Wildman–Crippen MR) is 170 cm³/mol. The minimum atomic E-state index is -0.646. The molecule has 0 radical (unpaired) electrons. The first-order valence-corrected chi connectivity index (χ1v) is 15.3. The van der Waals surface area contributed by atoms with Crippen LogP contribution in [0.3, 0.4) is 0 Å². The minimum Gasteiger partial charge on any atom is -0.443 e. The number of hydrogen-bond donors (Lipinski definition) is 2. The minimum absolute atomic E-state index is 0.0788. The molecule has 0 aliphatic carbocycles. The Kier molecular flexibility index (Phi) is 10.6. The molecular weight excluding hydrogens is 563 g/mol. The van der Waals surface area contributed by atoms with Crippen LogP contribution in [0.15, 0.2) is 30.6 Å². The van der Waals surface area contributed by atoms with Crippen LogP contribution in [0.4, 0.5) is 26.6 Å². The molecule has 1 unspecified atom stereocenters. The fourth-order valence-corrected chi connectivity index (χ4v) is 5.28. The van der Waals surface area contributed by atoms with Gasteiger partial charge in [0.15, 0.2) is 5.82 Å². The van der Waals surface area contributed by atoms with Crippen molar-refractivity contribution in [2.24, 2.45) is 13.0 Å². The first kappa shape index (κ1) is 32.8. The molecule has 12 heteroatoms. The Balaban J connectivity index is 1.54. The van der Waals surface area contributed by atoms with Crippen molar-refractivity contribution in [3.8, 4) is 11.4 Å². The van der Waals surface area contributed by atoms with Crippen LogP contribution in [-0.4, -0.2) is 75.2 Å². The second kappa shape index (κ2) is 14.1. The molecule has 2 amide bonds. The lowest BCUT2D eigenvalue weighted by Crippen LogP contribution is -2.40. The van der Waals surface area contributed by atoms with Crippen LogP contribution in [0.5, 0.6) is 0 Å². The molecule has 11 nitrogen and oxygen atoms in total. The van der Waals surface area contributed by atoms with Crippen molar-refractivity contribution >= 4 is 29.5 Å². The molecule has 4 rings (SSSR count). The quantitative estimate of drug-likeness (QED) is 0.275. The number of nitrogens with zero attached hydrogens (tertiary/aromatic N) is 6. The Morgan fingerprint density at radius 1 is 1.20 bits per heavy atom. The number of rotatable bonds is 12. The van der Waals surface area contributed by atoms with Crippen molar-refractivity contribution in [3.05, 3.63) is 47.7 Å². The number of fused-ring (bicyclic) bond motifs is 1. The van der Waals surface area contributed by atoms with E-state index in [0.29, 0.717) is 42.3 Å². The fraction of sp³-hybridized carbons (Fsp3) is 0.531. The van der Waals surface area contributed by atoms with Crippen molar-refractivity contribution < 1.29 is 18.7 Å². The van der Waals surface area contributed by atoms with E-state index in [-0.39, 0.29) is 23.5 Å². The van der Waals surface area contributed by atoms with Crippen LogP contribution in [0, 0.1) is 11.7 Å². The molecular formula is C32H45FN8O3. The van der Waals surface area contributed by atoms with Crippen LogP contribution in [0.25, 0.3) is 11.4 Å². The summed E-state index contributed by atoms with van der Waals surface area (Å²) in [6, 6.07) is 5.17. The van der Waals surface area contributed by atoms with Gasteiger partial charge in [-0.05, 0) is 77.9 Å². The van der Waals surface area contributed by atoms with Crippen molar-refractivity contribution in [2.45, 2.75) is 65.9 Å². The van der Waals surface area contributed by atoms with Crippen molar-refractivity contribution in [3.63, 3.8) is 0 Å². The normalized spacial score (nSPS) is 13.8. The highest BCUT2D eigenvalue weighted by molar-refractivity contribution is 5.98. The third-order valence-corrected chi connectivity index (χ3v) is 7.69. The number of pyridine rings is 1. The monoisotopic (exact) mass is 608 g/mol. The van der Waals surface area contributed by atoms with Gasteiger partial charge in [-0.1, -0.05) is 20.3 Å². The summed E-state index contributed by atoms with van der Waals surface area (Å²) in [5, 5.41) is 5.85. The summed E-state index contributed by atoms with van der Waals surface area (Å²) in [5.41, 5.74) is 1.88. The summed E-state index contributed by atoms with van der Waals surface area (Å²) in [6.45, 7) is 12.9. The van der Waals surface area contributed by atoms with Crippen molar-refractivity contribution in [1.29, 1.82) is 0 Å². The Morgan fingerprint density at radius 2 is 1.98 bits per heavy atom. The van der Waals surface area contributed by atoms with Crippen LogP contribution in [-0.2, 0) is 18.2 Å². The number of carbonyl (C=O) groups is 2. The summed E-state index contributed by atoms with van der Waals surface area (Å²) >= 11 is 0. The molecule has 1 aliphatic heterocycles. The molecule has 0 saturated heterocycles. The zero-order chi connectivity index (χ0) is 32.0. The van der Waals surface area contributed by atoms with E-state index in [1.807, 2.05) is 20.8 Å². The highest BCUT2D eigenvalue weighted by Crippen LogP contribution is 2.29. The van der Waals surface area contributed by atoms with Gasteiger partial charge in [-0.15, -0.1) is 0 Å².